The molecule has 28 heavy (non-hydrogen) atoms. The molecule has 0 radical (unpaired) electrons. The molecule has 0 aliphatic rings. The number of benzene rings is 2. The van der Waals surface area contributed by atoms with Crippen LogP contribution in [0.2, 0.25) is 5.02 Å². The summed E-state index contributed by atoms with van der Waals surface area (Å²) in [5.41, 5.74) is 6.27. The van der Waals surface area contributed by atoms with E-state index in [1.165, 1.54) is 0 Å². The second-order valence-corrected chi connectivity index (χ2v) is 7.28. The molecule has 0 saturated heterocycles. The number of carbonyl (C=O) groups excluding carboxylic acids is 2. The summed E-state index contributed by atoms with van der Waals surface area (Å²) in [5, 5.41) is 3.25. The lowest BCUT2D eigenvalue weighted by molar-refractivity contribution is -0.123. The number of nitrogens with zero attached hydrogens (tertiary/aromatic N) is 1. The van der Waals surface area contributed by atoms with E-state index in [0.717, 1.165) is 5.56 Å². The molecule has 0 fully saturated rings. The monoisotopic (exact) mass is 395 g/mol. The van der Waals surface area contributed by atoms with Gasteiger partial charge in [-0.2, -0.15) is 0 Å². The number of hydrogen-bond donors (Lipinski definition) is 2. The first kappa shape index (κ1) is 19.7. The molecule has 3 N–H and O–H groups in total. The van der Waals surface area contributed by atoms with E-state index in [9.17, 15) is 9.59 Å². The fourth-order valence-electron chi connectivity index (χ4n) is 3.18. The van der Waals surface area contributed by atoms with Crippen LogP contribution in [0.5, 0.6) is 0 Å². The maximum atomic E-state index is 13.1. The van der Waals surface area contributed by atoms with E-state index in [0.29, 0.717) is 16.3 Å². The van der Waals surface area contributed by atoms with Crippen LogP contribution in [0.1, 0.15) is 41.5 Å². The lowest BCUT2D eigenvalue weighted by Gasteiger charge is -2.29. The van der Waals surface area contributed by atoms with Crippen LogP contribution >= 0.6 is 11.6 Å². The number of hydrogen-bond acceptors (Lipinski definition) is 2. The maximum absolute atomic E-state index is 13.1. The fraction of sp³-hybridized carbons (Fsp3) is 0.182. The number of carbonyl (C=O) groups is 2. The van der Waals surface area contributed by atoms with Gasteiger partial charge in [0.25, 0.3) is 5.91 Å². The zero-order valence-electron chi connectivity index (χ0n) is 15.7. The van der Waals surface area contributed by atoms with Gasteiger partial charge >= 0.3 is 0 Å². The predicted octanol–water partition coefficient (Wildman–Crippen LogP) is 3.88. The number of rotatable bonds is 6. The third kappa shape index (κ3) is 3.80. The SMILES string of the molecule is C[C@H](c1ccccc1)n1cccc1C(=O)NC(C)(C(N)=O)c1cccc(Cl)c1. The second-order valence-electron chi connectivity index (χ2n) is 6.84. The highest BCUT2D eigenvalue weighted by Gasteiger charge is 2.36. The van der Waals surface area contributed by atoms with Gasteiger partial charge in [0.2, 0.25) is 5.91 Å². The molecule has 1 unspecified atom stereocenters. The van der Waals surface area contributed by atoms with Gasteiger partial charge in [-0.1, -0.05) is 54.1 Å². The van der Waals surface area contributed by atoms with Crippen molar-refractivity contribution in [3.05, 3.63) is 94.8 Å². The topological polar surface area (TPSA) is 77.1 Å². The Morgan fingerprint density at radius 1 is 1.07 bits per heavy atom. The van der Waals surface area contributed by atoms with Crippen LogP contribution < -0.4 is 11.1 Å². The van der Waals surface area contributed by atoms with E-state index >= 15 is 0 Å². The average molecular weight is 396 g/mol. The predicted molar refractivity (Wildman–Crippen MR) is 110 cm³/mol. The molecule has 0 saturated carbocycles. The fourth-order valence-corrected chi connectivity index (χ4v) is 3.37. The molecule has 2 aromatic carbocycles. The Balaban J connectivity index is 1.92. The number of amides is 2. The minimum Gasteiger partial charge on any atom is -0.367 e. The average Bonchev–Trinajstić information content (AvgIpc) is 3.18. The van der Waals surface area contributed by atoms with Crippen LogP contribution in [0.15, 0.2) is 72.9 Å². The molecule has 6 heteroatoms. The van der Waals surface area contributed by atoms with Crippen molar-refractivity contribution in [2.45, 2.75) is 25.4 Å². The first-order valence-corrected chi connectivity index (χ1v) is 9.31. The summed E-state index contributed by atoms with van der Waals surface area (Å²) in [6.07, 6.45) is 1.84. The zero-order chi connectivity index (χ0) is 20.3. The Kier molecular flexibility index (Phi) is 5.56. The summed E-state index contributed by atoms with van der Waals surface area (Å²) >= 11 is 6.06. The Labute approximate surface area is 169 Å². The Hall–Kier alpha value is -3.05. The number of nitrogens with one attached hydrogen (secondary N) is 1. The quantitative estimate of drug-likeness (QED) is 0.664. The molecule has 144 valence electrons. The Morgan fingerprint density at radius 3 is 2.43 bits per heavy atom. The highest BCUT2D eigenvalue weighted by molar-refractivity contribution is 6.30. The summed E-state index contributed by atoms with van der Waals surface area (Å²) < 4.78 is 1.87. The van der Waals surface area contributed by atoms with Crippen molar-refractivity contribution in [2.75, 3.05) is 0 Å². The van der Waals surface area contributed by atoms with Crippen LogP contribution in [0.4, 0.5) is 0 Å². The first-order valence-electron chi connectivity index (χ1n) is 8.93. The zero-order valence-corrected chi connectivity index (χ0v) is 16.5. The molecule has 0 aliphatic heterocycles. The van der Waals surface area contributed by atoms with Crippen LogP contribution in [0.3, 0.4) is 0 Å². The van der Waals surface area contributed by atoms with Crippen LogP contribution in [0, 0.1) is 0 Å². The molecular formula is C22H22ClN3O2. The van der Waals surface area contributed by atoms with Crippen LogP contribution in [-0.4, -0.2) is 16.4 Å². The number of aromatic nitrogens is 1. The lowest BCUT2D eigenvalue weighted by Crippen LogP contribution is -2.53. The normalized spacial score (nSPS) is 14.1. The number of nitrogens with two attached hydrogens (primary N) is 1. The summed E-state index contributed by atoms with van der Waals surface area (Å²) in [6, 6.07) is 20.1. The molecule has 0 spiro atoms. The van der Waals surface area contributed by atoms with Gasteiger partial charge in [0, 0.05) is 11.2 Å². The van der Waals surface area contributed by atoms with E-state index in [-0.39, 0.29) is 6.04 Å². The van der Waals surface area contributed by atoms with Crippen molar-refractivity contribution in [1.82, 2.24) is 9.88 Å². The second kappa shape index (κ2) is 7.90. The van der Waals surface area contributed by atoms with Gasteiger partial charge in [0.1, 0.15) is 11.2 Å². The molecule has 3 aromatic rings. The summed E-state index contributed by atoms with van der Waals surface area (Å²) in [4.78, 5) is 25.3. The van der Waals surface area contributed by atoms with Gasteiger partial charge in [-0.05, 0) is 49.2 Å². The molecular weight excluding hydrogens is 374 g/mol. The van der Waals surface area contributed by atoms with Crippen molar-refractivity contribution in [1.29, 1.82) is 0 Å². The molecule has 1 aromatic heterocycles. The molecule has 0 bridgehead atoms. The summed E-state index contributed by atoms with van der Waals surface area (Å²) in [7, 11) is 0. The first-order chi connectivity index (χ1) is 13.3. The third-order valence-corrected chi connectivity index (χ3v) is 5.20. The van der Waals surface area contributed by atoms with Gasteiger partial charge in [0.05, 0.1) is 6.04 Å². The van der Waals surface area contributed by atoms with Crippen LogP contribution in [0.25, 0.3) is 0 Å². The maximum Gasteiger partial charge on any atom is 0.269 e. The Bertz CT molecular complexity index is 1000. The highest BCUT2D eigenvalue weighted by atomic mass is 35.5. The van der Waals surface area contributed by atoms with Crippen molar-refractivity contribution in [3.8, 4) is 0 Å². The van der Waals surface area contributed by atoms with Crippen molar-refractivity contribution < 1.29 is 9.59 Å². The minimum atomic E-state index is -1.40. The van der Waals surface area contributed by atoms with Gasteiger partial charge in [-0.3, -0.25) is 9.59 Å². The number of halogens is 1. The van der Waals surface area contributed by atoms with E-state index < -0.39 is 17.4 Å². The Morgan fingerprint density at radius 2 is 1.79 bits per heavy atom. The molecule has 2 amide bonds. The summed E-state index contributed by atoms with van der Waals surface area (Å²) in [5.74, 6) is -1.06. The minimum absolute atomic E-state index is 0.0528. The van der Waals surface area contributed by atoms with Gasteiger partial charge in [-0.15, -0.1) is 0 Å². The van der Waals surface area contributed by atoms with E-state index in [4.69, 9.17) is 17.3 Å². The lowest BCUT2D eigenvalue weighted by atomic mass is 9.91. The third-order valence-electron chi connectivity index (χ3n) is 4.97. The molecule has 3 rings (SSSR count). The van der Waals surface area contributed by atoms with Gasteiger partial charge < -0.3 is 15.6 Å². The number of primary amides is 1. The van der Waals surface area contributed by atoms with Crippen molar-refractivity contribution >= 4 is 23.4 Å². The smallest absolute Gasteiger partial charge is 0.269 e. The molecule has 2 atom stereocenters. The summed E-state index contributed by atoms with van der Waals surface area (Å²) in [6.45, 7) is 3.59. The van der Waals surface area contributed by atoms with E-state index in [2.05, 4.69) is 5.32 Å². The van der Waals surface area contributed by atoms with Gasteiger partial charge in [-0.25, -0.2) is 0 Å². The van der Waals surface area contributed by atoms with E-state index in [1.807, 2.05) is 48.0 Å². The van der Waals surface area contributed by atoms with Crippen molar-refractivity contribution in [2.24, 2.45) is 5.73 Å². The van der Waals surface area contributed by atoms with Crippen molar-refractivity contribution in [3.63, 3.8) is 0 Å². The largest absolute Gasteiger partial charge is 0.367 e. The van der Waals surface area contributed by atoms with Gasteiger partial charge in [0.15, 0.2) is 0 Å². The molecule has 1 heterocycles. The standard InChI is InChI=1S/C22H22ClN3O2/c1-15(16-8-4-3-5-9-16)26-13-7-12-19(26)20(27)25-22(2,21(24)28)17-10-6-11-18(23)14-17/h3-15H,1-2H3,(H2,24,28)(H,25,27)/t15-,22?/m1/s1. The van der Waals surface area contributed by atoms with Crippen LogP contribution in [-0.2, 0) is 10.3 Å². The molecule has 5 nitrogen and oxygen atoms in total. The molecule has 0 aliphatic carbocycles. The highest BCUT2D eigenvalue weighted by Crippen LogP contribution is 2.25. The van der Waals surface area contributed by atoms with E-state index in [1.54, 1.807) is 43.3 Å².